The van der Waals surface area contributed by atoms with Crippen molar-refractivity contribution in [2.24, 2.45) is 0 Å². The highest BCUT2D eigenvalue weighted by atomic mass is 35.5. The monoisotopic (exact) mass is 404 g/mol. The lowest BCUT2D eigenvalue weighted by Crippen LogP contribution is -2.45. The highest BCUT2D eigenvalue weighted by Gasteiger charge is 2.19. The molecule has 0 amide bonds. The molecule has 1 fully saturated rings. The molecule has 2 aromatic carbocycles. The Bertz CT molecular complexity index is 790. The number of rotatable bonds is 5. The van der Waals surface area contributed by atoms with Crippen LogP contribution in [0.2, 0.25) is 5.02 Å². The number of likely N-dealkylation sites (tertiary alicyclic amines) is 1. The molecule has 1 aliphatic rings. The predicted octanol–water partition coefficient (Wildman–Crippen LogP) is 4.20. The second kappa shape index (κ2) is 9.12. The molecule has 0 radical (unpaired) electrons. The van der Waals surface area contributed by atoms with Crippen LogP contribution in [0.3, 0.4) is 0 Å². The molecular weight excluding hydrogens is 384 g/mol. The van der Waals surface area contributed by atoms with E-state index in [4.69, 9.17) is 23.8 Å². The summed E-state index contributed by atoms with van der Waals surface area (Å²) in [5, 5.41) is 18.4. The van der Waals surface area contributed by atoms with Crippen molar-refractivity contribution < 1.29 is 4.92 Å². The maximum absolute atomic E-state index is 10.7. The van der Waals surface area contributed by atoms with Crippen molar-refractivity contribution in [3.63, 3.8) is 0 Å². The number of piperidine rings is 1. The Hall–Kier alpha value is -2.22. The minimum atomic E-state index is -0.418. The summed E-state index contributed by atoms with van der Waals surface area (Å²) < 4.78 is 0. The number of nitrogens with zero attached hydrogens (tertiary/aromatic N) is 2. The molecule has 6 nitrogen and oxygen atoms in total. The van der Waals surface area contributed by atoms with Crippen LogP contribution in [-0.2, 0) is 6.54 Å². The third kappa shape index (κ3) is 5.89. The fourth-order valence-electron chi connectivity index (χ4n) is 3.10. The molecule has 1 aliphatic heterocycles. The number of halogens is 1. The predicted molar refractivity (Wildman–Crippen MR) is 112 cm³/mol. The molecule has 27 heavy (non-hydrogen) atoms. The van der Waals surface area contributed by atoms with Crippen molar-refractivity contribution in [2.75, 3.05) is 18.4 Å². The van der Waals surface area contributed by atoms with E-state index in [1.807, 2.05) is 12.1 Å². The Kier molecular flexibility index (Phi) is 6.60. The van der Waals surface area contributed by atoms with Gasteiger partial charge in [0.25, 0.3) is 5.69 Å². The minimum Gasteiger partial charge on any atom is -0.360 e. The molecule has 0 saturated carbocycles. The average molecular weight is 405 g/mol. The molecule has 0 spiro atoms. The van der Waals surface area contributed by atoms with Gasteiger partial charge >= 0.3 is 0 Å². The van der Waals surface area contributed by atoms with Crippen LogP contribution < -0.4 is 10.6 Å². The maximum Gasteiger partial charge on any atom is 0.269 e. The van der Waals surface area contributed by atoms with Crippen molar-refractivity contribution in [3.05, 3.63) is 69.2 Å². The molecule has 0 aliphatic carbocycles. The number of nitro groups is 1. The summed E-state index contributed by atoms with van der Waals surface area (Å²) >= 11 is 11.3. The number of thiocarbonyl (C=S) groups is 1. The fourth-order valence-corrected chi connectivity index (χ4v) is 3.51. The molecule has 8 heteroatoms. The lowest BCUT2D eigenvalue weighted by molar-refractivity contribution is -0.384. The van der Waals surface area contributed by atoms with Gasteiger partial charge in [-0.1, -0.05) is 23.7 Å². The molecule has 1 heterocycles. The van der Waals surface area contributed by atoms with E-state index in [1.165, 1.54) is 17.7 Å². The van der Waals surface area contributed by atoms with Gasteiger partial charge in [-0.2, -0.15) is 0 Å². The van der Waals surface area contributed by atoms with Crippen molar-refractivity contribution >= 4 is 40.3 Å². The lowest BCUT2D eigenvalue weighted by Gasteiger charge is -2.33. The van der Waals surface area contributed by atoms with E-state index in [0.29, 0.717) is 11.2 Å². The SMILES string of the molecule is O=[N+]([O-])c1ccc(NC(=S)NC2CCN(Cc3ccc(Cl)cc3)CC2)cc1. The Morgan fingerprint density at radius 1 is 1.15 bits per heavy atom. The first-order valence-electron chi connectivity index (χ1n) is 8.78. The summed E-state index contributed by atoms with van der Waals surface area (Å²) in [6.45, 7) is 2.93. The summed E-state index contributed by atoms with van der Waals surface area (Å²) in [7, 11) is 0. The van der Waals surface area contributed by atoms with Crippen LogP contribution in [0.15, 0.2) is 48.5 Å². The van der Waals surface area contributed by atoms with Gasteiger partial charge in [0, 0.05) is 48.5 Å². The van der Waals surface area contributed by atoms with Crippen LogP contribution in [0.25, 0.3) is 0 Å². The van der Waals surface area contributed by atoms with Crippen molar-refractivity contribution in [1.82, 2.24) is 10.2 Å². The summed E-state index contributed by atoms with van der Waals surface area (Å²) in [5.74, 6) is 0. The molecule has 1 saturated heterocycles. The van der Waals surface area contributed by atoms with Gasteiger partial charge in [0.2, 0.25) is 0 Å². The van der Waals surface area contributed by atoms with Gasteiger partial charge in [-0.15, -0.1) is 0 Å². The first-order chi connectivity index (χ1) is 13.0. The Morgan fingerprint density at radius 3 is 2.37 bits per heavy atom. The Labute approximate surface area is 168 Å². The molecule has 0 atom stereocenters. The van der Waals surface area contributed by atoms with Crippen LogP contribution in [0, 0.1) is 10.1 Å². The highest BCUT2D eigenvalue weighted by Crippen LogP contribution is 2.17. The van der Waals surface area contributed by atoms with Crippen LogP contribution in [0.5, 0.6) is 0 Å². The minimum absolute atomic E-state index is 0.0625. The normalized spacial score (nSPS) is 15.3. The zero-order chi connectivity index (χ0) is 19.2. The smallest absolute Gasteiger partial charge is 0.269 e. The van der Waals surface area contributed by atoms with E-state index < -0.39 is 4.92 Å². The zero-order valence-corrected chi connectivity index (χ0v) is 16.3. The lowest BCUT2D eigenvalue weighted by atomic mass is 10.0. The third-order valence-electron chi connectivity index (χ3n) is 4.58. The van der Waals surface area contributed by atoms with Gasteiger partial charge in [0.1, 0.15) is 0 Å². The second-order valence-corrected chi connectivity index (χ2v) is 7.42. The standard InChI is InChI=1S/C19H21ClN4O2S/c20-15-3-1-14(2-4-15)13-23-11-9-17(10-12-23)22-19(27)21-16-5-7-18(8-6-16)24(25)26/h1-8,17H,9-13H2,(H2,21,22,27). The maximum atomic E-state index is 10.7. The molecule has 142 valence electrons. The fraction of sp³-hybridized carbons (Fsp3) is 0.316. The number of hydrogen-bond donors (Lipinski definition) is 2. The highest BCUT2D eigenvalue weighted by molar-refractivity contribution is 7.80. The molecule has 0 unspecified atom stereocenters. The van der Waals surface area contributed by atoms with E-state index in [9.17, 15) is 10.1 Å². The van der Waals surface area contributed by atoms with Gasteiger partial charge in [-0.05, 0) is 54.9 Å². The van der Waals surface area contributed by atoms with E-state index in [1.54, 1.807) is 12.1 Å². The summed E-state index contributed by atoms with van der Waals surface area (Å²) in [5.41, 5.74) is 2.06. The van der Waals surface area contributed by atoms with Gasteiger partial charge in [0.15, 0.2) is 5.11 Å². The van der Waals surface area contributed by atoms with Crippen LogP contribution >= 0.6 is 23.8 Å². The third-order valence-corrected chi connectivity index (χ3v) is 5.05. The molecule has 0 aromatic heterocycles. The number of hydrogen-bond acceptors (Lipinski definition) is 4. The zero-order valence-electron chi connectivity index (χ0n) is 14.7. The van der Waals surface area contributed by atoms with Gasteiger partial charge in [-0.25, -0.2) is 0 Å². The van der Waals surface area contributed by atoms with Crippen LogP contribution in [0.4, 0.5) is 11.4 Å². The largest absolute Gasteiger partial charge is 0.360 e. The first kappa shape index (κ1) is 19.5. The number of nitro benzene ring substituents is 1. The quantitative estimate of drug-likeness (QED) is 0.442. The van der Waals surface area contributed by atoms with Gasteiger partial charge in [0.05, 0.1) is 4.92 Å². The molecule has 3 rings (SSSR count). The molecule has 2 aromatic rings. The van der Waals surface area contributed by atoms with Crippen LogP contribution in [0.1, 0.15) is 18.4 Å². The topological polar surface area (TPSA) is 70.4 Å². The molecular formula is C19H21ClN4O2S. The molecule has 2 N–H and O–H groups in total. The summed E-state index contributed by atoms with van der Waals surface area (Å²) in [6.07, 6.45) is 2.02. The van der Waals surface area contributed by atoms with E-state index in [-0.39, 0.29) is 5.69 Å². The van der Waals surface area contributed by atoms with Crippen LogP contribution in [-0.4, -0.2) is 34.1 Å². The molecule has 0 bridgehead atoms. The first-order valence-corrected chi connectivity index (χ1v) is 9.57. The number of benzene rings is 2. The summed E-state index contributed by atoms with van der Waals surface area (Å²) in [4.78, 5) is 12.7. The van der Waals surface area contributed by atoms with Crippen molar-refractivity contribution in [1.29, 1.82) is 0 Å². The van der Waals surface area contributed by atoms with Gasteiger partial charge < -0.3 is 10.6 Å². The Morgan fingerprint density at radius 2 is 1.78 bits per heavy atom. The Balaban J connectivity index is 1.42. The van der Waals surface area contributed by atoms with Crippen molar-refractivity contribution in [3.8, 4) is 0 Å². The van der Waals surface area contributed by atoms with Crippen molar-refractivity contribution in [2.45, 2.75) is 25.4 Å². The number of nitrogens with one attached hydrogen (secondary N) is 2. The number of anilines is 1. The number of non-ortho nitro benzene ring substituents is 1. The van der Waals surface area contributed by atoms with E-state index in [2.05, 4.69) is 27.7 Å². The van der Waals surface area contributed by atoms with E-state index in [0.717, 1.165) is 43.2 Å². The van der Waals surface area contributed by atoms with Gasteiger partial charge in [-0.3, -0.25) is 15.0 Å². The average Bonchev–Trinajstić information content (AvgIpc) is 2.65. The second-order valence-electron chi connectivity index (χ2n) is 6.58. The summed E-state index contributed by atoms with van der Waals surface area (Å²) in [6, 6.07) is 14.5. The van der Waals surface area contributed by atoms with E-state index >= 15 is 0 Å².